The molecular weight excluding hydrogens is 328 g/mol. The van der Waals surface area contributed by atoms with E-state index in [1.165, 1.54) is 0 Å². The number of hydrogen-bond acceptors (Lipinski definition) is 3. The summed E-state index contributed by atoms with van der Waals surface area (Å²) in [5.41, 5.74) is 0.782. The Morgan fingerprint density at radius 3 is 2.14 bits per heavy atom. The number of carbonyl (C=O) groups excluding carboxylic acids is 1. The molecule has 1 unspecified atom stereocenters. The van der Waals surface area contributed by atoms with Gasteiger partial charge in [-0.05, 0) is 39.1 Å². The molecule has 1 rings (SSSR count). The average molecular weight is 355 g/mol. The van der Waals surface area contributed by atoms with Crippen molar-refractivity contribution in [1.82, 2.24) is 9.80 Å². The molecule has 0 aliphatic heterocycles. The van der Waals surface area contributed by atoms with Gasteiger partial charge in [0.15, 0.2) is 5.78 Å². The number of hydrogen-bond donors (Lipinski definition) is 0. The van der Waals surface area contributed by atoms with E-state index in [1.807, 2.05) is 31.2 Å². The molecule has 0 saturated carbocycles. The molecule has 0 bridgehead atoms. The first-order chi connectivity index (χ1) is 9.81. The number of likely N-dealkylation sites (N-methyl/N-ethyl adjacent to an activating group) is 1. The quantitative estimate of drug-likeness (QED) is 0.667. The number of halogens is 1. The highest BCUT2D eigenvalue weighted by Crippen LogP contribution is 2.15. The van der Waals surface area contributed by atoms with Crippen LogP contribution >= 0.6 is 15.9 Å². The third-order valence-electron chi connectivity index (χ3n) is 3.49. The molecule has 118 valence electrons. The van der Waals surface area contributed by atoms with Gasteiger partial charge in [0.25, 0.3) is 0 Å². The van der Waals surface area contributed by atoms with Gasteiger partial charge < -0.3 is 4.90 Å². The summed E-state index contributed by atoms with van der Waals surface area (Å²) in [4.78, 5) is 17.1. The molecule has 4 heteroatoms. The van der Waals surface area contributed by atoms with E-state index >= 15 is 0 Å². The first kappa shape index (κ1) is 18.3. The molecule has 0 aliphatic rings. The number of ketones is 1. The van der Waals surface area contributed by atoms with Crippen molar-refractivity contribution >= 4 is 21.7 Å². The number of nitrogens with zero attached hydrogens (tertiary/aromatic N) is 2. The summed E-state index contributed by atoms with van der Waals surface area (Å²) in [6.45, 7) is 9.22. The highest BCUT2D eigenvalue weighted by molar-refractivity contribution is 9.10. The van der Waals surface area contributed by atoms with Crippen molar-refractivity contribution < 1.29 is 4.79 Å². The number of benzene rings is 1. The van der Waals surface area contributed by atoms with Gasteiger partial charge in [0.2, 0.25) is 0 Å². The summed E-state index contributed by atoms with van der Waals surface area (Å²) in [7, 11) is 4.13. The van der Waals surface area contributed by atoms with Crippen molar-refractivity contribution in [3.63, 3.8) is 0 Å². The van der Waals surface area contributed by atoms with Gasteiger partial charge in [0.05, 0.1) is 6.04 Å². The van der Waals surface area contributed by atoms with Crippen LogP contribution in [0.25, 0.3) is 0 Å². The van der Waals surface area contributed by atoms with Crippen LogP contribution in [0.5, 0.6) is 0 Å². The molecule has 3 nitrogen and oxygen atoms in total. The number of rotatable bonds is 8. The fraction of sp³-hybridized carbons (Fsp3) is 0.588. The van der Waals surface area contributed by atoms with Gasteiger partial charge in [-0.25, -0.2) is 0 Å². The molecule has 0 radical (unpaired) electrons. The lowest BCUT2D eigenvalue weighted by Gasteiger charge is -2.30. The largest absolute Gasteiger partial charge is 0.308 e. The Kier molecular flexibility index (Phi) is 7.57. The molecule has 0 N–H and O–H groups in total. The zero-order chi connectivity index (χ0) is 16.0. The third kappa shape index (κ3) is 6.29. The van der Waals surface area contributed by atoms with Crippen LogP contribution in [0.2, 0.25) is 0 Å². The predicted octanol–water partition coefficient (Wildman–Crippen LogP) is 3.54. The molecule has 0 spiro atoms. The van der Waals surface area contributed by atoms with Gasteiger partial charge in [0, 0.05) is 29.7 Å². The Morgan fingerprint density at radius 1 is 1.10 bits per heavy atom. The fourth-order valence-electron chi connectivity index (χ4n) is 2.26. The molecule has 0 fully saturated rings. The van der Waals surface area contributed by atoms with Crippen LogP contribution in [0.1, 0.15) is 31.1 Å². The zero-order valence-corrected chi connectivity index (χ0v) is 15.4. The van der Waals surface area contributed by atoms with Crippen molar-refractivity contribution in [3.05, 3.63) is 34.3 Å². The Labute approximate surface area is 137 Å². The van der Waals surface area contributed by atoms with Gasteiger partial charge in [0.1, 0.15) is 0 Å². The van der Waals surface area contributed by atoms with Crippen LogP contribution in [0.4, 0.5) is 0 Å². The minimum atomic E-state index is -0.0893. The van der Waals surface area contributed by atoms with E-state index in [1.54, 1.807) is 0 Å². The van der Waals surface area contributed by atoms with Crippen molar-refractivity contribution in [3.8, 4) is 0 Å². The minimum Gasteiger partial charge on any atom is -0.308 e. The zero-order valence-electron chi connectivity index (χ0n) is 13.8. The Balaban J connectivity index is 2.79. The Bertz CT molecular complexity index is 443. The first-order valence-corrected chi connectivity index (χ1v) is 8.29. The molecule has 1 aromatic carbocycles. The second-order valence-electron chi connectivity index (χ2n) is 6.24. The standard InChI is InChI=1S/C17H27BrN2O/c1-13(2)12-20(11-10-19(4)5)14(3)17(21)15-6-8-16(18)9-7-15/h6-9,13-14H,10-12H2,1-5H3. The molecule has 0 heterocycles. The van der Waals surface area contributed by atoms with E-state index in [2.05, 4.69) is 53.7 Å². The summed E-state index contributed by atoms with van der Waals surface area (Å²) in [5, 5.41) is 0. The maximum atomic E-state index is 12.7. The lowest BCUT2D eigenvalue weighted by atomic mass is 10.0. The summed E-state index contributed by atoms with van der Waals surface area (Å²) < 4.78 is 0.998. The van der Waals surface area contributed by atoms with Gasteiger partial charge in [-0.2, -0.15) is 0 Å². The topological polar surface area (TPSA) is 23.6 Å². The average Bonchev–Trinajstić information content (AvgIpc) is 2.42. The first-order valence-electron chi connectivity index (χ1n) is 7.49. The van der Waals surface area contributed by atoms with E-state index in [0.717, 1.165) is 29.7 Å². The van der Waals surface area contributed by atoms with Crippen molar-refractivity contribution in [2.45, 2.75) is 26.8 Å². The lowest BCUT2D eigenvalue weighted by Crippen LogP contribution is -2.44. The Hall–Kier alpha value is -0.710. The van der Waals surface area contributed by atoms with Gasteiger partial charge in [-0.3, -0.25) is 9.69 Å². The SMILES string of the molecule is CC(C)CN(CCN(C)C)C(C)C(=O)c1ccc(Br)cc1. The molecule has 0 aromatic heterocycles. The molecule has 1 aromatic rings. The maximum absolute atomic E-state index is 12.7. The fourth-order valence-corrected chi connectivity index (χ4v) is 2.53. The second kappa shape index (κ2) is 8.66. The molecule has 0 aliphatic carbocycles. The summed E-state index contributed by atoms with van der Waals surface area (Å²) in [5.74, 6) is 0.745. The van der Waals surface area contributed by atoms with Crippen LogP contribution in [0, 0.1) is 5.92 Å². The number of Topliss-reactive ketones (excluding diaryl/α,β-unsaturated/α-hetero) is 1. The maximum Gasteiger partial charge on any atom is 0.179 e. The van der Waals surface area contributed by atoms with Crippen molar-refractivity contribution in [1.29, 1.82) is 0 Å². The monoisotopic (exact) mass is 354 g/mol. The molecule has 21 heavy (non-hydrogen) atoms. The highest BCUT2D eigenvalue weighted by Gasteiger charge is 2.23. The summed E-state index contributed by atoms with van der Waals surface area (Å²) >= 11 is 3.41. The Morgan fingerprint density at radius 2 is 1.67 bits per heavy atom. The molecule has 0 saturated heterocycles. The van der Waals surface area contributed by atoms with Gasteiger partial charge in [-0.15, -0.1) is 0 Å². The smallest absolute Gasteiger partial charge is 0.179 e. The van der Waals surface area contributed by atoms with Crippen LogP contribution in [-0.4, -0.2) is 55.4 Å². The van der Waals surface area contributed by atoms with Crippen LogP contribution in [0.3, 0.4) is 0 Å². The van der Waals surface area contributed by atoms with E-state index in [0.29, 0.717) is 5.92 Å². The highest BCUT2D eigenvalue weighted by atomic mass is 79.9. The predicted molar refractivity (Wildman–Crippen MR) is 92.9 cm³/mol. The van der Waals surface area contributed by atoms with Crippen LogP contribution < -0.4 is 0 Å². The van der Waals surface area contributed by atoms with Crippen molar-refractivity contribution in [2.24, 2.45) is 5.92 Å². The van der Waals surface area contributed by atoms with E-state index < -0.39 is 0 Å². The van der Waals surface area contributed by atoms with Gasteiger partial charge in [-0.1, -0.05) is 41.9 Å². The third-order valence-corrected chi connectivity index (χ3v) is 4.02. The van der Waals surface area contributed by atoms with E-state index in [-0.39, 0.29) is 11.8 Å². The van der Waals surface area contributed by atoms with Gasteiger partial charge >= 0.3 is 0 Å². The van der Waals surface area contributed by atoms with Crippen molar-refractivity contribution in [2.75, 3.05) is 33.7 Å². The summed E-state index contributed by atoms with van der Waals surface area (Å²) in [6.07, 6.45) is 0. The molecular formula is C17H27BrN2O. The summed E-state index contributed by atoms with van der Waals surface area (Å²) in [6, 6.07) is 7.54. The second-order valence-corrected chi connectivity index (χ2v) is 7.15. The number of carbonyl (C=O) groups is 1. The molecule has 0 amide bonds. The van der Waals surface area contributed by atoms with E-state index in [9.17, 15) is 4.79 Å². The van der Waals surface area contributed by atoms with Crippen LogP contribution in [0.15, 0.2) is 28.7 Å². The van der Waals surface area contributed by atoms with Crippen LogP contribution in [-0.2, 0) is 0 Å². The normalized spacial score (nSPS) is 13.2. The van der Waals surface area contributed by atoms with E-state index in [4.69, 9.17) is 0 Å². The molecule has 1 atom stereocenters. The minimum absolute atomic E-state index is 0.0893. The lowest BCUT2D eigenvalue weighted by molar-refractivity contribution is 0.0809.